The largest absolute Gasteiger partial charge is 0.460 e. The molecule has 1 rings (SSSR count). The fourth-order valence-electron chi connectivity index (χ4n) is 1.96. The molecule has 0 bridgehead atoms. The zero-order chi connectivity index (χ0) is 25.6. The van der Waals surface area contributed by atoms with Crippen molar-refractivity contribution in [3.05, 3.63) is 17.5 Å². The number of alkyl halides is 13. The molecule has 0 fully saturated rings. The van der Waals surface area contributed by atoms with Crippen LogP contribution in [0.5, 0.6) is 0 Å². The molecule has 0 unspecified atom stereocenters. The molecule has 0 radical (unpaired) electrons. The van der Waals surface area contributed by atoms with Crippen LogP contribution in [0.15, 0.2) is 11.3 Å². The van der Waals surface area contributed by atoms with E-state index in [1.165, 1.54) is 17.8 Å². The van der Waals surface area contributed by atoms with Gasteiger partial charge in [-0.2, -0.15) is 67.3 Å². The van der Waals surface area contributed by atoms with Crippen LogP contribution in [0.25, 0.3) is 0 Å². The van der Waals surface area contributed by atoms with E-state index in [-0.39, 0.29) is 17.8 Å². The van der Waals surface area contributed by atoms with E-state index in [2.05, 4.69) is 10.2 Å². The number of aromatic nitrogens is 2. The summed E-state index contributed by atoms with van der Waals surface area (Å²) < 4.78 is 170. The van der Waals surface area contributed by atoms with Crippen molar-refractivity contribution < 1.29 is 61.9 Å². The van der Waals surface area contributed by atoms with Crippen molar-refractivity contribution in [2.45, 2.75) is 56.2 Å². The Balaban J connectivity index is 3.24. The lowest BCUT2D eigenvalue weighted by Gasteiger charge is -2.38. The van der Waals surface area contributed by atoms with Gasteiger partial charge in [-0.05, 0) is 13.8 Å². The lowest BCUT2D eigenvalue weighted by atomic mass is 9.93. The van der Waals surface area contributed by atoms with E-state index in [1.54, 1.807) is 6.92 Å². The molecule has 5 nitrogen and oxygen atoms in total. The zero-order valence-corrected chi connectivity index (χ0v) is 15.5. The van der Waals surface area contributed by atoms with Gasteiger partial charge in [0.25, 0.3) is 0 Å². The van der Waals surface area contributed by atoms with E-state index in [0.717, 1.165) is 0 Å². The molecule has 0 spiro atoms. The second-order valence-electron chi connectivity index (χ2n) is 6.09. The Bertz CT molecular complexity index is 872. The Morgan fingerprint density at radius 2 is 1.41 bits per heavy atom. The minimum atomic E-state index is -8.08. The minimum absolute atomic E-state index is 0.0103. The zero-order valence-electron chi connectivity index (χ0n) is 15.5. The van der Waals surface area contributed by atoms with Gasteiger partial charge in [-0.25, -0.2) is 5.43 Å². The van der Waals surface area contributed by atoms with Gasteiger partial charge < -0.3 is 0 Å². The summed E-state index contributed by atoms with van der Waals surface area (Å²) in [7, 11) is 0. The number of aryl methyl sites for hydroxylation is 2. The molecule has 0 atom stereocenters. The fourth-order valence-corrected chi connectivity index (χ4v) is 1.96. The Morgan fingerprint density at radius 3 is 1.81 bits per heavy atom. The molecular weight excluding hydrogens is 487 g/mol. The molecule has 1 aromatic heterocycles. The third-order valence-electron chi connectivity index (χ3n) is 3.90. The molecule has 0 aliphatic carbocycles. The average Bonchev–Trinajstić information content (AvgIpc) is 2.99. The number of hydrogen-bond acceptors (Lipinski definition) is 3. The van der Waals surface area contributed by atoms with E-state index in [0.29, 0.717) is 11.6 Å². The predicted molar refractivity (Wildman–Crippen MR) is 79.2 cm³/mol. The SMILES string of the molecule is CCn1cc(/C=N/NC(=O)C(F)(F)C(F)(F)C(F)(F)C(F)(F)C(F)(F)C(F)(F)F)c(C)n1. The number of hydrazone groups is 1. The molecule has 1 aromatic rings. The second kappa shape index (κ2) is 8.09. The van der Waals surface area contributed by atoms with Crippen LogP contribution < -0.4 is 5.43 Å². The van der Waals surface area contributed by atoms with E-state index in [9.17, 15) is 61.9 Å². The normalized spacial score (nSPS) is 14.8. The molecule has 32 heavy (non-hydrogen) atoms. The Kier molecular flexibility index (Phi) is 6.95. The average molecular weight is 498 g/mol. The number of amides is 1. The maximum atomic E-state index is 13.6. The Labute approximate surface area is 169 Å². The molecule has 0 saturated carbocycles. The maximum absolute atomic E-state index is 13.6. The predicted octanol–water partition coefficient (Wildman–Crippen LogP) is 4.40. The van der Waals surface area contributed by atoms with Gasteiger partial charge in [0.05, 0.1) is 11.9 Å². The van der Waals surface area contributed by atoms with Crippen molar-refractivity contribution in [3.63, 3.8) is 0 Å². The van der Waals surface area contributed by atoms with E-state index >= 15 is 0 Å². The van der Waals surface area contributed by atoms with E-state index < -0.39 is 41.7 Å². The third kappa shape index (κ3) is 4.10. The lowest BCUT2D eigenvalue weighted by Crippen LogP contribution is -2.71. The minimum Gasteiger partial charge on any atom is -0.272 e. The highest BCUT2D eigenvalue weighted by Gasteiger charge is 2.91. The number of nitrogens with one attached hydrogen (secondary N) is 1. The van der Waals surface area contributed by atoms with Crippen molar-refractivity contribution in [1.29, 1.82) is 0 Å². The maximum Gasteiger partial charge on any atom is 0.460 e. The number of halogens is 13. The molecule has 18 heteroatoms. The first kappa shape index (κ1) is 27.5. The molecule has 1 N–H and O–H groups in total. The number of nitrogens with zero attached hydrogens (tertiary/aromatic N) is 3. The molecular formula is C14H11F13N4O. The molecule has 184 valence electrons. The van der Waals surface area contributed by atoms with Gasteiger partial charge in [0, 0.05) is 18.3 Å². The number of carbonyl (C=O) groups is 1. The molecule has 1 heterocycles. The van der Waals surface area contributed by atoms with Gasteiger partial charge >= 0.3 is 41.7 Å². The standard InChI is InChI=1S/C14H11F13N4O/c1-3-31-5-7(6(2)30-31)4-28-29-8(32)9(15,16)10(17,18)11(19,20)12(21,22)13(23,24)14(25,26)27/h4-5H,3H2,1-2H3,(H,29,32)/b28-4+. The van der Waals surface area contributed by atoms with Gasteiger partial charge in [-0.15, -0.1) is 0 Å². The summed E-state index contributed by atoms with van der Waals surface area (Å²) in [6, 6.07) is 0. The van der Waals surface area contributed by atoms with Gasteiger partial charge in [-0.1, -0.05) is 0 Å². The van der Waals surface area contributed by atoms with Crippen molar-refractivity contribution in [2.75, 3.05) is 0 Å². The van der Waals surface area contributed by atoms with E-state index in [4.69, 9.17) is 0 Å². The highest BCUT2D eigenvalue weighted by Crippen LogP contribution is 2.60. The topological polar surface area (TPSA) is 59.3 Å². The van der Waals surface area contributed by atoms with Gasteiger partial charge in [-0.3, -0.25) is 9.48 Å². The van der Waals surface area contributed by atoms with Gasteiger partial charge in [0.15, 0.2) is 0 Å². The van der Waals surface area contributed by atoms with Crippen LogP contribution in [0.4, 0.5) is 57.1 Å². The molecule has 0 saturated heterocycles. The van der Waals surface area contributed by atoms with E-state index in [1.807, 2.05) is 0 Å². The first-order valence-corrected chi connectivity index (χ1v) is 7.93. The quantitative estimate of drug-likeness (QED) is 0.328. The highest BCUT2D eigenvalue weighted by atomic mass is 19.4. The first-order chi connectivity index (χ1) is 14.1. The fraction of sp³-hybridized carbons (Fsp3) is 0.643. The van der Waals surface area contributed by atoms with Crippen LogP contribution in [0.3, 0.4) is 0 Å². The van der Waals surface area contributed by atoms with Crippen LogP contribution in [-0.4, -0.2) is 57.7 Å². The number of rotatable bonds is 8. The molecule has 0 aliphatic rings. The number of carbonyl (C=O) groups excluding carboxylic acids is 1. The molecule has 1 amide bonds. The van der Waals surface area contributed by atoms with Crippen molar-refractivity contribution in [3.8, 4) is 0 Å². The first-order valence-electron chi connectivity index (χ1n) is 7.93. The second-order valence-corrected chi connectivity index (χ2v) is 6.09. The summed E-state index contributed by atoms with van der Waals surface area (Å²) in [5, 5.41) is 6.53. The monoisotopic (exact) mass is 498 g/mol. The Morgan fingerprint density at radius 1 is 0.938 bits per heavy atom. The van der Waals surface area contributed by atoms with Crippen molar-refractivity contribution in [1.82, 2.24) is 15.2 Å². The Hall–Kier alpha value is -2.56. The summed E-state index contributed by atoms with van der Waals surface area (Å²) in [4.78, 5) is 11.2. The third-order valence-corrected chi connectivity index (χ3v) is 3.90. The van der Waals surface area contributed by atoms with Crippen LogP contribution in [-0.2, 0) is 11.3 Å². The smallest absolute Gasteiger partial charge is 0.272 e. The summed E-state index contributed by atoms with van der Waals surface area (Å²) in [5.41, 5.74) is 0.745. The van der Waals surface area contributed by atoms with Crippen LogP contribution in [0.1, 0.15) is 18.2 Å². The van der Waals surface area contributed by atoms with Gasteiger partial charge in [0.1, 0.15) is 0 Å². The summed E-state index contributed by atoms with van der Waals surface area (Å²) >= 11 is 0. The molecule has 0 aliphatic heterocycles. The summed E-state index contributed by atoms with van der Waals surface area (Å²) in [6.07, 6.45) is -5.82. The lowest BCUT2D eigenvalue weighted by molar-refractivity contribution is -0.436. The van der Waals surface area contributed by atoms with Gasteiger partial charge in [0.2, 0.25) is 0 Å². The van der Waals surface area contributed by atoms with Crippen LogP contribution in [0.2, 0.25) is 0 Å². The summed E-state index contributed by atoms with van der Waals surface area (Å²) in [5.74, 6) is -42.1. The van der Waals surface area contributed by atoms with Crippen LogP contribution >= 0.6 is 0 Å². The van der Waals surface area contributed by atoms with Crippen molar-refractivity contribution >= 4 is 12.1 Å². The molecule has 0 aromatic carbocycles. The van der Waals surface area contributed by atoms with Crippen molar-refractivity contribution in [2.24, 2.45) is 5.10 Å². The van der Waals surface area contributed by atoms with Crippen LogP contribution in [0, 0.1) is 6.92 Å². The highest BCUT2D eigenvalue weighted by molar-refractivity contribution is 5.87. The number of hydrogen-bond donors (Lipinski definition) is 1. The summed E-state index contributed by atoms with van der Waals surface area (Å²) in [6.45, 7) is 3.23.